The van der Waals surface area contributed by atoms with Gasteiger partial charge >= 0.3 is 0 Å². The van der Waals surface area contributed by atoms with Crippen LogP contribution >= 0.6 is 0 Å². The lowest BCUT2D eigenvalue weighted by atomic mass is 9.99. The number of methoxy groups -OCH3 is 1. The van der Waals surface area contributed by atoms with Gasteiger partial charge in [0.15, 0.2) is 0 Å². The zero-order valence-corrected chi connectivity index (χ0v) is 18.7. The number of hydrogen-bond donors (Lipinski definition) is 0. The predicted octanol–water partition coefficient (Wildman–Crippen LogP) is 4.55. The summed E-state index contributed by atoms with van der Waals surface area (Å²) in [5.41, 5.74) is 5.66. The number of hydrogen-bond acceptors (Lipinski definition) is 6. The summed E-state index contributed by atoms with van der Waals surface area (Å²) in [7, 11) is 1.62. The highest BCUT2D eigenvalue weighted by Gasteiger charge is 2.19. The first kappa shape index (κ1) is 20.8. The minimum atomic E-state index is -0.0556. The molecule has 7 nitrogen and oxygen atoms in total. The van der Waals surface area contributed by atoms with Crippen molar-refractivity contribution < 1.29 is 9.26 Å². The third-order valence-electron chi connectivity index (χ3n) is 5.56. The van der Waals surface area contributed by atoms with Crippen LogP contribution < -0.4 is 10.3 Å². The van der Waals surface area contributed by atoms with E-state index in [1.165, 1.54) is 0 Å². The van der Waals surface area contributed by atoms with E-state index >= 15 is 0 Å². The fourth-order valence-electron chi connectivity index (χ4n) is 4.07. The van der Waals surface area contributed by atoms with Gasteiger partial charge in [-0.25, -0.2) is 0 Å². The van der Waals surface area contributed by atoms with Crippen molar-refractivity contribution in [2.24, 2.45) is 0 Å². The van der Waals surface area contributed by atoms with Crippen LogP contribution in [0.25, 0.3) is 22.0 Å². The van der Waals surface area contributed by atoms with Crippen LogP contribution in [0.15, 0.2) is 39.9 Å². The molecular weight excluding hydrogens is 392 g/mol. The lowest BCUT2D eigenvalue weighted by Crippen LogP contribution is -2.24. The Morgan fingerprint density at radius 3 is 2.48 bits per heavy atom. The van der Waals surface area contributed by atoms with Crippen LogP contribution in [0.5, 0.6) is 5.75 Å². The summed E-state index contributed by atoms with van der Waals surface area (Å²) in [6.45, 7) is 10.1. The highest BCUT2D eigenvalue weighted by molar-refractivity contribution is 5.90. The molecule has 0 amide bonds. The smallest absolute Gasteiger partial charge is 0.254 e. The number of pyridine rings is 1. The van der Waals surface area contributed by atoms with E-state index in [1.54, 1.807) is 24.1 Å². The van der Waals surface area contributed by atoms with Gasteiger partial charge in [0.05, 0.1) is 41.8 Å². The lowest BCUT2D eigenvalue weighted by molar-refractivity contribution is 0.393. The van der Waals surface area contributed by atoms with Gasteiger partial charge in [0.25, 0.3) is 5.56 Å². The molecule has 0 spiro atoms. The molecule has 0 radical (unpaired) electrons. The van der Waals surface area contributed by atoms with Crippen LogP contribution in [0.1, 0.15) is 48.2 Å². The average molecular weight is 418 g/mol. The highest BCUT2D eigenvalue weighted by Crippen LogP contribution is 2.37. The molecule has 0 aliphatic heterocycles. The fraction of sp³-hybridized carbons (Fsp3) is 0.333. The largest absolute Gasteiger partial charge is 0.496 e. The maximum atomic E-state index is 13.1. The number of aromatic nitrogens is 4. The summed E-state index contributed by atoms with van der Waals surface area (Å²) in [4.78, 5) is 22.1. The van der Waals surface area contributed by atoms with E-state index in [0.29, 0.717) is 17.9 Å². The Morgan fingerprint density at radius 2 is 1.84 bits per heavy atom. The maximum absolute atomic E-state index is 13.1. The Labute approximate surface area is 180 Å². The van der Waals surface area contributed by atoms with E-state index in [1.807, 2.05) is 39.0 Å². The van der Waals surface area contributed by atoms with Gasteiger partial charge in [-0.2, -0.15) is 0 Å². The minimum absolute atomic E-state index is 0.0556. The molecule has 0 N–H and O–H groups in total. The molecule has 1 aromatic carbocycles. The molecule has 0 fully saturated rings. The molecule has 31 heavy (non-hydrogen) atoms. The Hall–Kier alpha value is -3.48. The van der Waals surface area contributed by atoms with Crippen molar-refractivity contribution in [3.63, 3.8) is 0 Å². The number of benzene rings is 1. The average Bonchev–Trinajstić information content (AvgIpc) is 3.08. The number of fused-ring (bicyclic) bond motifs is 1. The van der Waals surface area contributed by atoms with E-state index in [0.717, 1.165) is 44.9 Å². The van der Waals surface area contributed by atoms with Crippen molar-refractivity contribution in [1.82, 2.24) is 19.7 Å². The third kappa shape index (κ3) is 3.60. The lowest BCUT2D eigenvalue weighted by Gasteiger charge is -2.17. The monoisotopic (exact) mass is 418 g/mol. The summed E-state index contributed by atoms with van der Waals surface area (Å²) in [5, 5.41) is 5.01. The number of nitrogens with zero attached hydrogens (tertiary/aromatic N) is 4. The first-order chi connectivity index (χ1) is 14.8. The highest BCUT2D eigenvalue weighted by atomic mass is 16.5. The second-order valence-corrected chi connectivity index (χ2v) is 8.07. The molecule has 0 saturated carbocycles. The topological polar surface area (TPSA) is 83.0 Å². The molecule has 0 saturated heterocycles. The Balaban J connectivity index is 1.97. The second kappa shape index (κ2) is 7.98. The van der Waals surface area contributed by atoms with Crippen LogP contribution in [-0.2, 0) is 6.54 Å². The van der Waals surface area contributed by atoms with Crippen molar-refractivity contribution >= 4 is 10.9 Å². The molecule has 160 valence electrons. The van der Waals surface area contributed by atoms with Gasteiger partial charge in [-0.1, -0.05) is 19.0 Å². The Kier molecular flexibility index (Phi) is 5.35. The summed E-state index contributed by atoms with van der Waals surface area (Å²) in [5.74, 6) is 1.58. The van der Waals surface area contributed by atoms with Crippen LogP contribution in [-0.4, -0.2) is 26.8 Å². The first-order valence-electron chi connectivity index (χ1n) is 10.3. The van der Waals surface area contributed by atoms with Gasteiger partial charge < -0.3 is 13.8 Å². The van der Waals surface area contributed by atoms with E-state index in [4.69, 9.17) is 9.26 Å². The van der Waals surface area contributed by atoms with Crippen LogP contribution in [0.2, 0.25) is 0 Å². The van der Waals surface area contributed by atoms with Crippen molar-refractivity contribution in [2.75, 3.05) is 7.11 Å². The fourth-order valence-corrected chi connectivity index (χ4v) is 4.07. The molecule has 0 bridgehead atoms. The SMILES string of the molecule is COc1cc2c(cc1-c1c(C)noc1C)cc(C)c(=O)n2Cc1nccnc1C(C)C. The van der Waals surface area contributed by atoms with E-state index in [2.05, 4.69) is 29.0 Å². The normalized spacial score (nSPS) is 11.5. The van der Waals surface area contributed by atoms with Gasteiger partial charge in [0, 0.05) is 29.6 Å². The molecule has 4 aromatic rings. The standard InChI is InChI=1S/C24H26N4O3/c1-13(2)23-19(25-7-8-26-23)12-28-20-11-21(30-6)18(22-15(4)27-31-16(22)5)10-17(20)9-14(3)24(28)29/h7-11,13H,12H2,1-6H3. The molecule has 3 heterocycles. The molecular formula is C24H26N4O3. The molecule has 4 rings (SSSR count). The number of ether oxygens (including phenoxy) is 1. The van der Waals surface area contributed by atoms with Gasteiger partial charge in [0.2, 0.25) is 0 Å². The van der Waals surface area contributed by atoms with Crippen LogP contribution in [0.3, 0.4) is 0 Å². The maximum Gasteiger partial charge on any atom is 0.254 e. The second-order valence-electron chi connectivity index (χ2n) is 8.07. The summed E-state index contributed by atoms with van der Waals surface area (Å²) >= 11 is 0. The molecule has 7 heteroatoms. The van der Waals surface area contributed by atoms with Crippen molar-refractivity contribution in [1.29, 1.82) is 0 Å². The predicted molar refractivity (Wildman–Crippen MR) is 120 cm³/mol. The zero-order valence-electron chi connectivity index (χ0n) is 18.7. The van der Waals surface area contributed by atoms with Crippen molar-refractivity contribution in [3.8, 4) is 16.9 Å². The third-order valence-corrected chi connectivity index (χ3v) is 5.56. The van der Waals surface area contributed by atoms with E-state index < -0.39 is 0 Å². The molecule has 0 aliphatic rings. The van der Waals surface area contributed by atoms with Gasteiger partial charge in [-0.15, -0.1) is 0 Å². The summed E-state index contributed by atoms with van der Waals surface area (Å²) in [6.07, 6.45) is 3.36. The van der Waals surface area contributed by atoms with Gasteiger partial charge in [-0.05, 0) is 44.2 Å². The van der Waals surface area contributed by atoms with Crippen LogP contribution in [0, 0.1) is 20.8 Å². The molecule has 3 aromatic heterocycles. The summed E-state index contributed by atoms with van der Waals surface area (Å²) in [6, 6.07) is 5.85. The summed E-state index contributed by atoms with van der Waals surface area (Å²) < 4.78 is 12.8. The van der Waals surface area contributed by atoms with Crippen molar-refractivity contribution in [3.05, 3.63) is 69.4 Å². The van der Waals surface area contributed by atoms with Gasteiger partial charge in [0.1, 0.15) is 11.5 Å². The van der Waals surface area contributed by atoms with E-state index in [-0.39, 0.29) is 11.5 Å². The molecule has 0 aliphatic carbocycles. The number of rotatable bonds is 5. The Bertz CT molecular complexity index is 1320. The first-order valence-corrected chi connectivity index (χ1v) is 10.3. The molecule has 0 unspecified atom stereocenters. The van der Waals surface area contributed by atoms with E-state index in [9.17, 15) is 4.79 Å². The Morgan fingerprint density at radius 1 is 1.10 bits per heavy atom. The molecule has 0 atom stereocenters. The van der Waals surface area contributed by atoms with Gasteiger partial charge in [-0.3, -0.25) is 14.8 Å². The van der Waals surface area contributed by atoms with Crippen molar-refractivity contribution in [2.45, 2.75) is 47.1 Å². The quantitative estimate of drug-likeness (QED) is 0.473. The number of aryl methyl sites for hydroxylation is 3. The zero-order chi connectivity index (χ0) is 22.3. The van der Waals surface area contributed by atoms with Crippen LogP contribution in [0.4, 0.5) is 0 Å². The minimum Gasteiger partial charge on any atom is -0.496 e.